The fraction of sp³-hybridized carbons (Fsp3) is 0.174. The molecule has 0 heterocycles. The number of anilines is 1. The number of hydrogen-bond acceptors (Lipinski definition) is 4. The van der Waals surface area contributed by atoms with Gasteiger partial charge < -0.3 is 14.8 Å². The summed E-state index contributed by atoms with van der Waals surface area (Å²) in [4.78, 5) is 12.5. The average Bonchev–Trinajstić information content (AvgIpc) is 2.71. The summed E-state index contributed by atoms with van der Waals surface area (Å²) in [5.74, 6) is 2.38. The molecule has 1 amide bonds. The zero-order chi connectivity index (χ0) is 20.6. The van der Waals surface area contributed by atoms with Crippen molar-refractivity contribution in [2.45, 2.75) is 12.7 Å². The van der Waals surface area contributed by atoms with E-state index < -0.39 is 10.8 Å². The summed E-state index contributed by atoms with van der Waals surface area (Å²) < 4.78 is 22.6. The second-order valence-electron chi connectivity index (χ2n) is 6.40. The fourth-order valence-corrected chi connectivity index (χ4v) is 3.40. The highest BCUT2D eigenvalue weighted by Gasteiger charge is 2.08. The molecule has 0 bridgehead atoms. The van der Waals surface area contributed by atoms with E-state index in [1.165, 1.54) is 0 Å². The van der Waals surface area contributed by atoms with Crippen molar-refractivity contribution in [2.24, 2.45) is 0 Å². The Morgan fingerprint density at radius 1 is 0.931 bits per heavy atom. The van der Waals surface area contributed by atoms with Crippen molar-refractivity contribution >= 4 is 22.4 Å². The van der Waals surface area contributed by atoms with Gasteiger partial charge in [0.2, 0.25) is 0 Å². The maximum atomic E-state index is 12.5. The summed E-state index contributed by atoms with van der Waals surface area (Å²) in [6, 6.07) is 21.7. The Bertz CT molecular complexity index is 985. The maximum absolute atomic E-state index is 12.5. The fourth-order valence-electron chi connectivity index (χ4n) is 2.75. The molecule has 0 aliphatic rings. The predicted molar refractivity (Wildman–Crippen MR) is 116 cm³/mol. The molecule has 0 aliphatic heterocycles. The van der Waals surface area contributed by atoms with Gasteiger partial charge in [0, 0.05) is 34.1 Å². The van der Waals surface area contributed by atoms with Gasteiger partial charge in [0.1, 0.15) is 17.2 Å². The van der Waals surface area contributed by atoms with Crippen LogP contribution in [-0.2, 0) is 16.6 Å². The van der Waals surface area contributed by atoms with Crippen molar-refractivity contribution in [3.8, 4) is 17.2 Å². The molecule has 3 aromatic rings. The monoisotopic (exact) mass is 409 g/mol. The summed E-state index contributed by atoms with van der Waals surface area (Å²) >= 11 is 0. The SMILES string of the molecule is CCOc1ccc(Oc2ccc(NC(=O)c3cccc(CS(C)=O)c3)cc2)cc1. The third kappa shape index (κ3) is 6.19. The summed E-state index contributed by atoms with van der Waals surface area (Å²) in [5.41, 5.74) is 2.07. The van der Waals surface area contributed by atoms with Crippen LogP contribution in [0.15, 0.2) is 72.8 Å². The molecule has 5 nitrogen and oxygen atoms in total. The summed E-state index contributed by atoms with van der Waals surface area (Å²) in [6.45, 7) is 2.56. The van der Waals surface area contributed by atoms with Crippen molar-refractivity contribution in [1.82, 2.24) is 0 Å². The molecule has 3 rings (SSSR count). The van der Waals surface area contributed by atoms with Gasteiger partial charge in [-0.15, -0.1) is 0 Å². The lowest BCUT2D eigenvalue weighted by atomic mass is 10.1. The van der Waals surface area contributed by atoms with E-state index in [9.17, 15) is 9.00 Å². The third-order valence-corrected chi connectivity index (χ3v) is 4.78. The van der Waals surface area contributed by atoms with E-state index >= 15 is 0 Å². The number of benzene rings is 3. The number of ether oxygens (including phenoxy) is 2. The number of rotatable bonds is 8. The quantitative estimate of drug-likeness (QED) is 0.568. The number of hydrogen-bond donors (Lipinski definition) is 1. The van der Waals surface area contributed by atoms with Crippen LogP contribution in [0.3, 0.4) is 0 Å². The predicted octanol–water partition coefficient (Wildman–Crippen LogP) is 5.01. The van der Waals surface area contributed by atoms with Crippen LogP contribution in [0.2, 0.25) is 0 Å². The van der Waals surface area contributed by atoms with Gasteiger partial charge in [-0.05, 0) is 73.2 Å². The third-order valence-electron chi connectivity index (χ3n) is 4.04. The van der Waals surface area contributed by atoms with E-state index in [1.54, 1.807) is 48.7 Å². The second-order valence-corrected chi connectivity index (χ2v) is 7.84. The van der Waals surface area contributed by atoms with E-state index in [1.807, 2.05) is 37.3 Å². The van der Waals surface area contributed by atoms with Crippen LogP contribution in [0.25, 0.3) is 0 Å². The summed E-state index contributed by atoms with van der Waals surface area (Å²) in [5, 5.41) is 2.86. The highest BCUT2D eigenvalue weighted by Crippen LogP contribution is 2.25. The molecule has 6 heteroatoms. The van der Waals surface area contributed by atoms with Gasteiger partial charge in [0.05, 0.1) is 6.61 Å². The van der Waals surface area contributed by atoms with Gasteiger partial charge in [0.25, 0.3) is 5.91 Å². The molecule has 1 atom stereocenters. The highest BCUT2D eigenvalue weighted by molar-refractivity contribution is 7.83. The van der Waals surface area contributed by atoms with Crippen LogP contribution in [0, 0.1) is 0 Å². The maximum Gasteiger partial charge on any atom is 0.255 e. The Labute approximate surface area is 173 Å². The van der Waals surface area contributed by atoms with Crippen LogP contribution >= 0.6 is 0 Å². The van der Waals surface area contributed by atoms with Gasteiger partial charge in [-0.2, -0.15) is 0 Å². The minimum Gasteiger partial charge on any atom is -0.494 e. The molecular formula is C23H23NO4S. The minimum atomic E-state index is -0.951. The lowest BCUT2D eigenvalue weighted by Gasteiger charge is -2.09. The average molecular weight is 410 g/mol. The Kier molecular flexibility index (Phi) is 7.03. The topological polar surface area (TPSA) is 64.6 Å². The summed E-state index contributed by atoms with van der Waals surface area (Å²) in [7, 11) is -0.951. The van der Waals surface area contributed by atoms with Crippen molar-refractivity contribution in [1.29, 1.82) is 0 Å². The number of amides is 1. The van der Waals surface area contributed by atoms with E-state index in [4.69, 9.17) is 9.47 Å². The highest BCUT2D eigenvalue weighted by atomic mass is 32.2. The molecule has 0 spiro atoms. The van der Waals surface area contributed by atoms with Crippen LogP contribution in [0.5, 0.6) is 17.2 Å². The van der Waals surface area contributed by atoms with Crippen molar-refractivity contribution in [2.75, 3.05) is 18.2 Å². The van der Waals surface area contributed by atoms with Gasteiger partial charge >= 0.3 is 0 Å². The molecule has 0 saturated carbocycles. The van der Waals surface area contributed by atoms with Gasteiger partial charge in [-0.3, -0.25) is 9.00 Å². The first kappa shape index (κ1) is 20.6. The van der Waals surface area contributed by atoms with Gasteiger partial charge in [0.15, 0.2) is 0 Å². The molecule has 0 fully saturated rings. The van der Waals surface area contributed by atoms with E-state index in [-0.39, 0.29) is 5.91 Å². The Hall–Kier alpha value is -3.12. The number of carbonyl (C=O) groups excluding carboxylic acids is 1. The van der Waals surface area contributed by atoms with E-state index in [2.05, 4.69) is 5.32 Å². The first-order valence-electron chi connectivity index (χ1n) is 9.24. The van der Waals surface area contributed by atoms with Crippen molar-refractivity contribution in [3.05, 3.63) is 83.9 Å². The van der Waals surface area contributed by atoms with Gasteiger partial charge in [-0.1, -0.05) is 12.1 Å². The molecule has 0 saturated heterocycles. The molecule has 3 aromatic carbocycles. The molecule has 0 aromatic heterocycles. The van der Waals surface area contributed by atoms with Crippen LogP contribution < -0.4 is 14.8 Å². The zero-order valence-corrected chi connectivity index (χ0v) is 17.2. The van der Waals surface area contributed by atoms with Crippen LogP contribution in [0.1, 0.15) is 22.8 Å². The molecule has 1 N–H and O–H groups in total. The van der Waals surface area contributed by atoms with E-state index in [0.29, 0.717) is 35.1 Å². The Morgan fingerprint density at radius 3 is 2.17 bits per heavy atom. The molecule has 1 unspecified atom stereocenters. The molecule has 0 aliphatic carbocycles. The Balaban J connectivity index is 1.61. The Morgan fingerprint density at radius 2 is 1.55 bits per heavy atom. The van der Waals surface area contributed by atoms with Crippen molar-refractivity contribution in [3.63, 3.8) is 0 Å². The first-order chi connectivity index (χ1) is 14.0. The lowest BCUT2D eigenvalue weighted by molar-refractivity contribution is 0.102. The standard InChI is InChI=1S/C23H23NO4S/c1-3-27-20-11-13-22(14-12-20)28-21-9-7-19(8-10-21)24-23(25)18-6-4-5-17(15-18)16-29(2)26/h4-15H,3,16H2,1-2H3,(H,24,25). The largest absolute Gasteiger partial charge is 0.494 e. The molecule has 150 valence electrons. The van der Waals surface area contributed by atoms with Gasteiger partial charge in [-0.25, -0.2) is 0 Å². The molecule has 0 radical (unpaired) electrons. The first-order valence-corrected chi connectivity index (χ1v) is 11.0. The van der Waals surface area contributed by atoms with Crippen LogP contribution in [-0.4, -0.2) is 23.0 Å². The smallest absolute Gasteiger partial charge is 0.255 e. The number of carbonyl (C=O) groups is 1. The number of nitrogens with one attached hydrogen (secondary N) is 1. The van der Waals surface area contributed by atoms with E-state index in [0.717, 1.165) is 11.3 Å². The lowest BCUT2D eigenvalue weighted by Crippen LogP contribution is -2.12. The minimum absolute atomic E-state index is 0.214. The summed E-state index contributed by atoms with van der Waals surface area (Å²) in [6.07, 6.45) is 1.64. The second kappa shape index (κ2) is 9.89. The molecule has 29 heavy (non-hydrogen) atoms. The van der Waals surface area contributed by atoms with Crippen molar-refractivity contribution < 1.29 is 18.5 Å². The normalized spacial score (nSPS) is 11.5. The van der Waals surface area contributed by atoms with Crippen LogP contribution in [0.4, 0.5) is 5.69 Å². The molecular weight excluding hydrogens is 386 g/mol. The zero-order valence-electron chi connectivity index (χ0n) is 16.4.